The van der Waals surface area contributed by atoms with E-state index < -0.39 is 11.4 Å². The second kappa shape index (κ2) is 9.11. The van der Waals surface area contributed by atoms with Crippen LogP contribution in [0.5, 0.6) is 5.88 Å². The summed E-state index contributed by atoms with van der Waals surface area (Å²) in [5, 5.41) is 0.339. The minimum Gasteiger partial charge on any atom is -0.473 e. The first-order valence-corrected chi connectivity index (χ1v) is 11.0. The molecule has 4 rings (SSSR count). The van der Waals surface area contributed by atoms with Gasteiger partial charge in [-0.15, -0.1) is 0 Å². The first kappa shape index (κ1) is 22.6. The van der Waals surface area contributed by atoms with Crippen molar-refractivity contribution >= 4 is 23.5 Å². The van der Waals surface area contributed by atoms with Crippen LogP contribution in [0, 0.1) is 5.82 Å². The molecule has 0 radical (unpaired) electrons. The maximum atomic E-state index is 14.1. The van der Waals surface area contributed by atoms with Crippen LogP contribution in [0.4, 0.5) is 15.0 Å². The molecule has 1 saturated heterocycles. The van der Waals surface area contributed by atoms with Crippen LogP contribution in [0.2, 0.25) is 5.02 Å². The monoisotopic (exact) mass is 463 g/mol. The molecule has 0 unspecified atom stereocenters. The van der Waals surface area contributed by atoms with Crippen molar-refractivity contribution in [1.82, 2.24) is 9.88 Å². The predicted molar refractivity (Wildman–Crippen MR) is 119 cm³/mol. The molecule has 0 N–H and O–H groups in total. The van der Waals surface area contributed by atoms with Gasteiger partial charge in [0.05, 0.1) is 19.3 Å². The van der Waals surface area contributed by atoms with Gasteiger partial charge in [0.1, 0.15) is 23.8 Å². The molecule has 1 amide bonds. The van der Waals surface area contributed by atoms with Gasteiger partial charge in [-0.05, 0) is 39.0 Å². The zero-order chi connectivity index (χ0) is 22.9. The number of pyridine rings is 1. The van der Waals surface area contributed by atoms with Crippen LogP contribution in [0.15, 0.2) is 30.3 Å². The quantitative estimate of drug-likeness (QED) is 0.672. The van der Waals surface area contributed by atoms with Gasteiger partial charge < -0.3 is 24.0 Å². The second-order valence-electron chi connectivity index (χ2n) is 8.95. The molecule has 1 aromatic heterocycles. The molecule has 0 spiro atoms. The fraction of sp³-hybridized carbons (Fsp3) is 0.478. The number of piperazine rings is 1. The summed E-state index contributed by atoms with van der Waals surface area (Å²) < 4.78 is 31.2. The van der Waals surface area contributed by atoms with Crippen LogP contribution in [0.3, 0.4) is 0 Å². The van der Waals surface area contributed by atoms with E-state index in [9.17, 15) is 9.18 Å². The number of carbonyl (C=O) groups excluding carboxylic acids is 1. The van der Waals surface area contributed by atoms with Gasteiger partial charge in [-0.3, -0.25) is 0 Å². The average molecular weight is 464 g/mol. The van der Waals surface area contributed by atoms with E-state index in [1.165, 1.54) is 6.07 Å². The van der Waals surface area contributed by atoms with Gasteiger partial charge >= 0.3 is 6.09 Å². The molecule has 0 aliphatic carbocycles. The molecule has 7 nitrogen and oxygen atoms in total. The lowest BCUT2D eigenvalue weighted by atomic mass is 10.1. The molecule has 2 aliphatic heterocycles. The van der Waals surface area contributed by atoms with Crippen LogP contribution in [-0.4, -0.2) is 53.9 Å². The molecule has 32 heavy (non-hydrogen) atoms. The fourth-order valence-corrected chi connectivity index (χ4v) is 3.92. The van der Waals surface area contributed by atoms with Gasteiger partial charge in [0.25, 0.3) is 0 Å². The summed E-state index contributed by atoms with van der Waals surface area (Å²) >= 11 is 5.81. The summed E-state index contributed by atoms with van der Waals surface area (Å²) in [5.74, 6) is 0.748. The number of fused-ring (bicyclic) bond motifs is 3. The van der Waals surface area contributed by atoms with Gasteiger partial charge in [-0.2, -0.15) is 4.98 Å². The normalized spacial score (nSPS) is 18.5. The Balaban J connectivity index is 1.48. The smallest absolute Gasteiger partial charge is 0.410 e. The van der Waals surface area contributed by atoms with Crippen molar-refractivity contribution in [2.24, 2.45) is 0 Å². The number of hydrogen-bond acceptors (Lipinski definition) is 6. The summed E-state index contributed by atoms with van der Waals surface area (Å²) in [6.07, 6.45) is -0.323. The third-order valence-corrected chi connectivity index (χ3v) is 5.53. The zero-order valence-corrected chi connectivity index (χ0v) is 19.2. The number of hydrogen-bond donors (Lipinski definition) is 0. The lowest BCUT2D eigenvalue weighted by Crippen LogP contribution is -2.57. The third kappa shape index (κ3) is 5.24. The first-order chi connectivity index (χ1) is 15.2. The molecule has 1 fully saturated rings. The summed E-state index contributed by atoms with van der Waals surface area (Å²) in [6.45, 7) is 8.11. The molecule has 1 atom stereocenters. The van der Waals surface area contributed by atoms with Crippen molar-refractivity contribution in [1.29, 1.82) is 0 Å². The number of nitrogens with zero attached hydrogens (tertiary/aromatic N) is 3. The second-order valence-corrected chi connectivity index (χ2v) is 9.38. The van der Waals surface area contributed by atoms with E-state index in [4.69, 9.17) is 25.8 Å². The van der Waals surface area contributed by atoms with Gasteiger partial charge in [-0.25, -0.2) is 9.18 Å². The Hall–Kier alpha value is -2.58. The lowest BCUT2D eigenvalue weighted by Gasteiger charge is -2.41. The molecular formula is C23H27ClFN3O4. The van der Waals surface area contributed by atoms with Gasteiger partial charge in [0.15, 0.2) is 0 Å². The molecule has 0 saturated carbocycles. The molecule has 9 heteroatoms. The van der Waals surface area contributed by atoms with E-state index in [0.29, 0.717) is 49.3 Å². The highest BCUT2D eigenvalue weighted by Crippen LogP contribution is 2.30. The van der Waals surface area contributed by atoms with Crippen LogP contribution < -0.4 is 9.64 Å². The average Bonchev–Trinajstić information content (AvgIpc) is 2.90. The Labute approximate surface area is 192 Å². The van der Waals surface area contributed by atoms with Crippen molar-refractivity contribution in [2.45, 2.75) is 45.6 Å². The zero-order valence-electron chi connectivity index (χ0n) is 18.4. The number of anilines is 1. The largest absolute Gasteiger partial charge is 0.473 e. The van der Waals surface area contributed by atoms with Gasteiger partial charge in [-0.1, -0.05) is 17.7 Å². The van der Waals surface area contributed by atoms with Crippen LogP contribution in [0.25, 0.3) is 0 Å². The highest BCUT2D eigenvalue weighted by atomic mass is 35.5. The maximum absolute atomic E-state index is 14.1. The summed E-state index contributed by atoms with van der Waals surface area (Å²) in [6, 6.07) is 8.11. The number of halogens is 2. The Morgan fingerprint density at radius 3 is 2.84 bits per heavy atom. The molecule has 1 aromatic carbocycles. The maximum Gasteiger partial charge on any atom is 0.410 e. The minimum atomic E-state index is -0.544. The Bertz CT molecular complexity index is 998. The van der Waals surface area contributed by atoms with E-state index in [1.807, 2.05) is 26.8 Å². The number of carbonyl (C=O) groups is 1. The molecule has 0 bridgehead atoms. The summed E-state index contributed by atoms with van der Waals surface area (Å²) in [5.41, 5.74) is 0.805. The minimum absolute atomic E-state index is 0.0428. The van der Waals surface area contributed by atoms with Crippen molar-refractivity contribution in [3.05, 3.63) is 52.3 Å². The van der Waals surface area contributed by atoms with E-state index >= 15 is 0 Å². The number of rotatable bonds is 3. The van der Waals surface area contributed by atoms with Crippen LogP contribution >= 0.6 is 11.6 Å². The Kier molecular flexibility index (Phi) is 6.44. The molecule has 2 aromatic rings. The molecule has 172 valence electrons. The number of benzene rings is 1. The van der Waals surface area contributed by atoms with Crippen molar-refractivity contribution < 1.29 is 23.4 Å². The first-order valence-electron chi connectivity index (χ1n) is 10.6. The van der Waals surface area contributed by atoms with E-state index in [2.05, 4.69) is 9.88 Å². The molecule has 3 heterocycles. The number of aromatic nitrogens is 1. The topological polar surface area (TPSA) is 64.1 Å². The number of amides is 1. The van der Waals surface area contributed by atoms with Gasteiger partial charge in [0.2, 0.25) is 5.88 Å². The van der Waals surface area contributed by atoms with Crippen molar-refractivity contribution in [3.8, 4) is 5.88 Å². The molecular weight excluding hydrogens is 437 g/mol. The van der Waals surface area contributed by atoms with E-state index in [1.54, 1.807) is 23.1 Å². The lowest BCUT2D eigenvalue weighted by molar-refractivity contribution is 0.0172. The summed E-state index contributed by atoms with van der Waals surface area (Å²) in [7, 11) is 0. The number of ether oxygens (including phenoxy) is 3. The van der Waals surface area contributed by atoms with Crippen LogP contribution in [-0.2, 0) is 22.7 Å². The Morgan fingerprint density at radius 2 is 2.09 bits per heavy atom. The van der Waals surface area contributed by atoms with Gasteiger partial charge in [0, 0.05) is 41.9 Å². The standard InChI is InChI=1S/C23H27ClFN3O4/c1-23(2,3)32-22(29)27-8-9-28-18(11-27)14-30-12-16-5-7-20(26-21(16)28)31-13-15-4-6-17(24)10-19(15)25/h4-7,10,18H,8-9,11-14H2,1-3H3/t18-/m1/s1. The summed E-state index contributed by atoms with van der Waals surface area (Å²) in [4.78, 5) is 21.1. The van der Waals surface area contributed by atoms with Crippen LogP contribution in [0.1, 0.15) is 31.9 Å². The molecule has 2 aliphatic rings. The fourth-order valence-electron chi connectivity index (χ4n) is 3.77. The Morgan fingerprint density at radius 1 is 1.28 bits per heavy atom. The van der Waals surface area contributed by atoms with E-state index in [0.717, 1.165) is 11.4 Å². The highest BCUT2D eigenvalue weighted by molar-refractivity contribution is 6.30. The third-order valence-electron chi connectivity index (χ3n) is 5.30. The van der Waals surface area contributed by atoms with Crippen molar-refractivity contribution in [3.63, 3.8) is 0 Å². The predicted octanol–water partition coefficient (Wildman–Crippen LogP) is 4.41. The van der Waals surface area contributed by atoms with E-state index in [-0.39, 0.29) is 18.7 Å². The van der Waals surface area contributed by atoms with Crippen molar-refractivity contribution in [2.75, 3.05) is 31.1 Å². The highest BCUT2D eigenvalue weighted by Gasteiger charge is 2.35. The SMILES string of the molecule is CC(C)(C)OC(=O)N1CCN2c3nc(OCc4ccc(Cl)cc4F)ccc3COC[C@H]2C1.